The van der Waals surface area contributed by atoms with Gasteiger partial charge in [0.1, 0.15) is 0 Å². The number of carbonyl (C=O) groups is 3. The number of carbonyl (C=O) groups excluding carboxylic acids is 3. The molecule has 0 aromatic heterocycles. The zero-order valence-corrected chi connectivity index (χ0v) is 22.8. The smallest absolute Gasteiger partial charge is 0.335 e. The molecule has 0 saturated heterocycles. The molecule has 0 aromatic carbocycles. The van der Waals surface area contributed by atoms with Crippen molar-refractivity contribution < 1.29 is 52.0 Å². The fourth-order valence-corrected chi connectivity index (χ4v) is 4.29. The lowest BCUT2D eigenvalue weighted by atomic mass is 10.3. The van der Waals surface area contributed by atoms with Crippen LogP contribution < -0.4 is 5.32 Å². The van der Waals surface area contributed by atoms with Gasteiger partial charge in [-0.25, -0.2) is 0 Å². The van der Waals surface area contributed by atoms with Crippen LogP contribution in [0.2, 0.25) is 0 Å². The number of hydrogen-bond acceptors (Lipinski definition) is 11. The second kappa shape index (κ2) is 19.0. The lowest BCUT2D eigenvalue weighted by molar-refractivity contribution is -0.137. The number of imide groups is 1. The van der Waals surface area contributed by atoms with E-state index in [2.05, 4.69) is 5.32 Å². The predicted octanol–water partition coefficient (Wildman–Crippen LogP) is 0.839. The van der Waals surface area contributed by atoms with E-state index in [0.29, 0.717) is 39.6 Å². The summed E-state index contributed by atoms with van der Waals surface area (Å²) in [5.74, 6) is -0.866. The van der Waals surface area contributed by atoms with Crippen LogP contribution in [0.5, 0.6) is 0 Å². The van der Waals surface area contributed by atoms with Crippen LogP contribution in [0.25, 0.3) is 0 Å². The standard InChI is InChI=1S/C21H38N2O11P2/c1-21(2,3)35(27)34-36(28)33-10-7-22-18(24)6-9-29-12-14-31-16-17-32-15-13-30-11-8-23-19(25)4-5-20(23)26/h4-5,27-28H,6-17H2,1-3H3,(H,22,24). The maximum Gasteiger partial charge on any atom is 0.335 e. The summed E-state index contributed by atoms with van der Waals surface area (Å²) in [5, 5.41) is 2.15. The highest BCUT2D eigenvalue weighted by Gasteiger charge is 2.28. The van der Waals surface area contributed by atoms with Crippen LogP contribution >= 0.6 is 17.0 Å². The fourth-order valence-electron chi connectivity index (χ4n) is 2.35. The van der Waals surface area contributed by atoms with E-state index in [1.165, 1.54) is 12.2 Å². The van der Waals surface area contributed by atoms with E-state index in [1.807, 2.05) is 0 Å². The van der Waals surface area contributed by atoms with Crippen molar-refractivity contribution in [3.63, 3.8) is 0 Å². The van der Waals surface area contributed by atoms with Gasteiger partial charge in [-0.1, -0.05) is 20.8 Å². The maximum absolute atomic E-state index is 11.7. The van der Waals surface area contributed by atoms with Crippen LogP contribution in [0.3, 0.4) is 0 Å². The van der Waals surface area contributed by atoms with Crippen molar-refractivity contribution in [3.05, 3.63) is 12.2 Å². The Balaban J connectivity index is 1.81. The Kier molecular flexibility index (Phi) is 17.4. The van der Waals surface area contributed by atoms with Crippen molar-refractivity contribution in [2.75, 3.05) is 72.6 Å². The lowest BCUT2D eigenvalue weighted by Crippen LogP contribution is -2.33. The van der Waals surface area contributed by atoms with Gasteiger partial charge in [-0.15, -0.1) is 0 Å². The fraction of sp³-hybridized carbons (Fsp3) is 0.762. The van der Waals surface area contributed by atoms with Crippen molar-refractivity contribution in [2.24, 2.45) is 0 Å². The summed E-state index contributed by atoms with van der Waals surface area (Å²) in [7, 11) is -4.01. The van der Waals surface area contributed by atoms with Gasteiger partial charge in [0, 0.05) is 30.3 Å². The van der Waals surface area contributed by atoms with E-state index in [4.69, 9.17) is 27.8 Å². The first-order valence-corrected chi connectivity index (χ1v) is 13.9. The molecule has 0 spiro atoms. The minimum absolute atomic E-state index is 0.0580. The van der Waals surface area contributed by atoms with Crippen LogP contribution in [0, 0.1) is 0 Å². The summed E-state index contributed by atoms with van der Waals surface area (Å²) in [6.45, 7) is 8.53. The van der Waals surface area contributed by atoms with Gasteiger partial charge in [0.25, 0.3) is 11.8 Å². The van der Waals surface area contributed by atoms with Gasteiger partial charge in [-0.2, -0.15) is 0 Å². The summed E-state index contributed by atoms with van der Waals surface area (Å²) in [5.41, 5.74) is 0. The first-order chi connectivity index (χ1) is 17.1. The van der Waals surface area contributed by atoms with Crippen molar-refractivity contribution in [1.82, 2.24) is 10.2 Å². The number of ether oxygens (including phenoxy) is 4. The van der Waals surface area contributed by atoms with Crippen molar-refractivity contribution >= 4 is 34.7 Å². The summed E-state index contributed by atoms with van der Waals surface area (Å²) in [6, 6.07) is 0. The Morgan fingerprint density at radius 2 is 1.36 bits per heavy atom. The van der Waals surface area contributed by atoms with Gasteiger partial charge < -0.3 is 38.6 Å². The summed E-state index contributed by atoms with van der Waals surface area (Å²) < 4.78 is 31.5. The monoisotopic (exact) mass is 556 g/mol. The molecule has 0 bridgehead atoms. The molecule has 0 aromatic rings. The summed E-state index contributed by atoms with van der Waals surface area (Å²) in [6.07, 6.45) is 2.65. The van der Waals surface area contributed by atoms with Crippen LogP contribution in [-0.2, 0) is 42.2 Å². The molecule has 1 heterocycles. The molecule has 36 heavy (non-hydrogen) atoms. The average Bonchev–Trinajstić information content (AvgIpc) is 3.13. The van der Waals surface area contributed by atoms with Crippen molar-refractivity contribution in [3.8, 4) is 0 Å². The first kappa shape index (κ1) is 32.9. The number of amides is 3. The maximum atomic E-state index is 11.7. The van der Waals surface area contributed by atoms with E-state index in [1.54, 1.807) is 20.8 Å². The van der Waals surface area contributed by atoms with E-state index in [9.17, 15) is 24.2 Å². The molecule has 2 unspecified atom stereocenters. The van der Waals surface area contributed by atoms with Crippen LogP contribution in [-0.4, -0.2) is 110 Å². The molecular weight excluding hydrogens is 518 g/mol. The molecule has 0 saturated carbocycles. The van der Waals surface area contributed by atoms with Gasteiger partial charge in [0.15, 0.2) is 8.38 Å². The average molecular weight is 556 g/mol. The molecule has 208 valence electrons. The Hall–Kier alpha value is -1.11. The van der Waals surface area contributed by atoms with E-state index in [0.717, 1.165) is 4.90 Å². The lowest BCUT2D eigenvalue weighted by Gasteiger charge is -2.25. The second-order valence-corrected chi connectivity index (χ2v) is 11.6. The minimum atomic E-state index is -2.20. The van der Waals surface area contributed by atoms with Crippen LogP contribution in [0.1, 0.15) is 27.2 Å². The highest BCUT2D eigenvalue weighted by molar-refractivity contribution is 7.58. The van der Waals surface area contributed by atoms with Crippen molar-refractivity contribution in [2.45, 2.75) is 32.3 Å². The van der Waals surface area contributed by atoms with Gasteiger partial charge in [0.05, 0.1) is 66.0 Å². The number of nitrogens with one attached hydrogen (secondary N) is 1. The molecular formula is C21H38N2O11P2. The van der Waals surface area contributed by atoms with E-state index < -0.39 is 22.1 Å². The second-order valence-electron chi connectivity index (χ2n) is 8.31. The zero-order chi connectivity index (χ0) is 26.8. The Morgan fingerprint density at radius 3 is 1.89 bits per heavy atom. The molecule has 1 rings (SSSR count). The Morgan fingerprint density at radius 1 is 0.861 bits per heavy atom. The normalized spacial score (nSPS) is 15.5. The molecule has 0 fully saturated rings. The third kappa shape index (κ3) is 15.9. The third-order valence-electron chi connectivity index (χ3n) is 4.30. The van der Waals surface area contributed by atoms with E-state index in [-0.39, 0.29) is 57.1 Å². The molecule has 0 aliphatic carbocycles. The first-order valence-electron chi connectivity index (χ1n) is 11.5. The SMILES string of the molecule is CC(C)(C)P(O)OP(O)OCCNC(=O)CCOCCOCCOCCOCCN1C(=O)C=CC1=O. The molecule has 3 N–H and O–H groups in total. The minimum Gasteiger partial charge on any atom is -0.379 e. The summed E-state index contributed by atoms with van der Waals surface area (Å²) in [4.78, 5) is 55.0. The predicted molar refractivity (Wildman–Crippen MR) is 132 cm³/mol. The zero-order valence-electron chi connectivity index (χ0n) is 21.1. The molecule has 13 nitrogen and oxygen atoms in total. The number of nitrogens with zero attached hydrogens (tertiary/aromatic N) is 1. The largest absolute Gasteiger partial charge is 0.379 e. The van der Waals surface area contributed by atoms with Gasteiger partial charge >= 0.3 is 8.60 Å². The molecule has 1 aliphatic rings. The molecule has 1 aliphatic heterocycles. The molecule has 3 amide bonds. The van der Waals surface area contributed by atoms with Gasteiger partial charge in [0.2, 0.25) is 5.91 Å². The Bertz CT molecular complexity index is 673. The quantitative estimate of drug-likeness (QED) is 0.104. The number of rotatable bonds is 21. The van der Waals surface area contributed by atoms with Gasteiger partial charge in [-0.05, 0) is 0 Å². The topological polar surface area (TPSA) is 162 Å². The summed E-state index contributed by atoms with van der Waals surface area (Å²) >= 11 is 0. The molecule has 2 atom stereocenters. The third-order valence-corrected chi connectivity index (χ3v) is 7.02. The van der Waals surface area contributed by atoms with Crippen molar-refractivity contribution in [1.29, 1.82) is 0 Å². The van der Waals surface area contributed by atoms with Crippen LogP contribution in [0.15, 0.2) is 12.2 Å². The van der Waals surface area contributed by atoms with Gasteiger partial charge in [-0.3, -0.25) is 23.6 Å². The van der Waals surface area contributed by atoms with Crippen LogP contribution in [0.4, 0.5) is 0 Å². The number of hydrogen-bond donors (Lipinski definition) is 3. The molecule has 15 heteroatoms. The Labute approximate surface area is 214 Å². The van der Waals surface area contributed by atoms with E-state index >= 15 is 0 Å². The highest BCUT2D eigenvalue weighted by atomic mass is 31.2. The highest BCUT2D eigenvalue weighted by Crippen LogP contribution is 2.56. The molecule has 0 radical (unpaired) electrons.